The number of methoxy groups -OCH3 is 1. The topological polar surface area (TPSA) is 75.8 Å². The van der Waals surface area contributed by atoms with E-state index in [-0.39, 0.29) is 6.61 Å². The Morgan fingerprint density at radius 3 is 2.81 bits per heavy atom. The van der Waals surface area contributed by atoms with Crippen molar-refractivity contribution < 1.29 is 14.6 Å². The number of likely N-dealkylation sites (N-methyl/N-ethyl adjacent to an activating group) is 1. The Kier molecular flexibility index (Phi) is 4.13. The number of hydrogen-bond donors (Lipinski definition) is 2. The number of esters is 1. The van der Waals surface area contributed by atoms with E-state index in [1.165, 1.54) is 7.11 Å². The van der Waals surface area contributed by atoms with Crippen molar-refractivity contribution in [3.8, 4) is 0 Å². The fourth-order valence-corrected chi connectivity index (χ4v) is 1.44. The average molecular weight is 224 g/mol. The summed E-state index contributed by atoms with van der Waals surface area (Å²) in [6.45, 7) is 0.479. The minimum absolute atomic E-state index is 0.0262. The lowest BCUT2D eigenvalue weighted by Gasteiger charge is -2.20. The van der Waals surface area contributed by atoms with E-state index < -0.39 is 5.97 Å². The highest BCUT2D eigenvalue weighted by Crippen LogP contribution is 2.26. The Morgan fingerprint density at radius 1 is 1.56 bits per heavy atom. The third-order valence-corrected chi connectivity index (χ3v) is 2.34. The first-order valence-electron chi connectivity index (χ1n) is 4.90. The number of hydrogen-bond acceptors (Lipinski definition) is 5. The minimum atomic E-state index is -0.461. The molecule has 0 saturated carbocycles. The summed E-state index contributed by atoms with van der Waals surface area (Å²) >= 11 is 0. The van der Waals surface area contributed by atoms with Gasteiger partial charge in [0.15, 0.2) is 0 Å². The van der Waals surface area contributed by atoms with E-state index in [0.29, 0.717) is 23.5 Å². The molecule has 1 aromatic rings. The summed E-state index contributed by atoms with van der Waals surface area (Å²) in [4.78, 5) is 13.2. The maximum atomic E-state index is 11.4. The third-order valence-electron chi connectivity index (χ3n) is 2.34. The van der Waals surface area contributed by atoms with Crippen LogP contribution in [0.2, 0.25) is 0 Å². The molecule has 0 bridgehead atoms. The summed E-state index contributed by atoms with van der Waals surface area (Å²) < 4.78 is 4.62. The van der Waals surface area contributed by atoms with Gasteiger partial charge in [-0.3, -0.25) is 0 Å². The Morgan fingerprint density at radius 2 is 2.25 bits per heavy atom. The monoisotopic (exact) mass is 224 g/mol. The van der Waals surface area contributed by atoms with Crippen LogP contribution in [0.1, 0.15) is 10.4 Å². The van der Waals surface area contributed by atoms with Gasteiger partial charge in [-0.05, 0) is 12.1 Å². The molecule has 0 aromatic heterocycles. The number of carbonyl (C=O) groups excluding carboxylic acids is 1. The molecule has 0 radical (unpaired) electrons. The van der Waals surface area contributed by atoms with E-state index in [2.05, 4.69) is 4.74 Å². The van der Waals surface area contributed by atoms with Gasteiger partial charge < -0.3 is 20.5 Å². The molecule has 0 amide bonds. The largest absolute Gasteiger partial charge is 0.465 e. The molecule has 5 nitrogen and oxygen atoms in total. The molecule has 0 saturated heterocycles. The molecule has 88 valence electrons. The third kappa shape index (κ3) is 2.43. The first-order chi connectivity index (χ1) is 7.61. The molecule has 1 aromatic carbocycles. The van der Waals surface area contributed by atoms with Crippen LogP contribution in [0.3, 0.4) is 0 Å². The Labute approximate surface area is 94.4 Å². The van der Waals surface area contributed by atoms with Crippen LogP contribution in [0.15, 0.2) is 18.2 Å². The van der Waals surface area contributed by atoms with E-state index in [1.807, 2.05) is 0 Å². The molecular formula is C11H16N2O3. The van der Waals surface area contributed by atoms with Crippen molar-refractivity contribution in [3.05, 3.63) is 23.8 Å². The second-order valence-corrected chi connectivity index (χ2v) is 3.38. The number of anilines is 2. The first kappa shape index (κ1) is 12.3. The van der Waals surface area contributed by atoms with Gasteiger partial charge in [-0.2, -0.15) is 0 Å². The molecule has 0 aliphatic carbocycles. The van der Waals surface area contributed by atoms with Gasteiger partial charge in [-0.25, -0.2) is 4.79 Å². The molecule has 5 heteroatoms. The molecule has 0 atom stereocenters. The second-order valence-electron chi connectivity index (χ2n) is 3.38. The number of nitrogens with zero attached hydrogens (tertiary/aromatic N) is 1. The smallest absolute Gasteiger partial charge is 0.340 e. The van der Waals surface area contributed by atoms with Crippen molar-refractivity contribution in [1.82, 2.24) is 0 Å². The van der Waals surface area contributed by atoms with Crippen molar-refractivity contribution in [2.75, 3.05) is 37.9 Å². The van der Waals surface area contributed by atoms with E-state index in [4.69, 9.17) is 10.8 Å². The van der Waals surface area contributed by atoms with Crippen molar-refractivity contribution in [3.63, 3.8) is 0 Å². The predicted molar refractivity (Wildman–Crippen MR) is 62.5 cm³/mol. The summed E-state index contributed by atoms with van der Waals surface area (Å²) in [5, 5.41) is 8.84. The first-order valence-corrected chi connectivity index (χ1v) is 4.90. The summed E-state index contributed by atoms with van der Waals surface area (Å²) in [5.41, 5.74) is 7.28. The number of nitrogen functional groups attached to an aromatic ring is 1. The van der Waals surface area contributed by atoms with Crippen LogP contribution in [0.5, 0.6) is 0 Å². The molecular weight excluding hydrogens is 208 g/mol. The van der Waals surface area contributed by atoms with Gasteiger partial charge in [0.1, 0.15) is 0 Å². The molecule has 0 heterocycles. The number of aliphatic hydroxyl groups is 1. The molecule has 0 aliphatic rings. The molecule has 1 rings (SSSR count). The van der Waals surface area contributed by atoms with Gasteiger partial charge in [-0.1, -0.05) is 6.07 Å². The van der Waals surface area contributed by atoms with Crippen LogP contribution in [0.4, 0.5) is 11.4 Å². The Balaban J connectivity index is 3.08. The van der Waals surface area contributed by atoms with Crippen LogP contribution in [0, 0.1) is 0 Å². The van der Waals surface area contributed by atoms with Gasteiger partial charge >= 0.3 is 5.97 Å². The zero-order valence-corrected chi connectivity index (χ0v) is 9.43. The number of aliphatic hydroxyl groups excluding tert-OH is 1. The SMILES string of the molecule is COC(=O)c1cccc(N(C)CCO)c1N. The van der Waals surface area contributed by atoms with Gasteiger partial charge in [0.25, 0.3) is 0 Å². The molecule has 3 N–H and O–H groups in total. The molecule has 16 heavy (non-hydrogen) atoms. The number of nitrogens with two attached hydrogens (primary N) is 1. The predicted octanol–water partition coefficient (Wildman–Crippen LogP) is 0.484. The average Bonchev–Trinajstić information content (AvgIpc) is 2.28. The lowest BCUT2D eigenvalue weighted by Crippen LogP contribution is -2.23. The summed E-state index contributed by atoms with van der Waals surface area (Å²) in [6.07, 6.45) is 0. The van der Waals surface area contributed by atoms with Gasteiger partial charge in [-0.15, -0.1) is 0 Å². The van der Waals surface area contributed by atoms with Crippen molar-refractivity contribution in [2.45, 2.75) is 0 Å². The maximum absolute atomic E-state index is 11.4. The van der Waals surface area contributed by atoms with Crippen LogP contribution < -0.4 is 10.6 Å². The number of para-hydroxylation sites is 1. The molecule has 0 aliphatic heterocycles. The lowest BCUT2D eigenvalue weighted by molar-refractivity contribution is 0.0602. The number of carbonyl (C=O) groups is 1. The highest BCUT2D eigenvalue weighted by atomic mass is 16.5. The lowest BCUT2D eigenvalue weighted by atomic mass is 10.1. The fourth-order valence-electron chi connectivity index (χ4n) is 1.44. The van der Waals surface area contributed by atoms with Crippen LogP contribution in [-0.2, 0) is 4.74 Å². The Hall–Kier alpha value is -1.75. The van der Waals surface area contributed by atoms with Crippen molar-refractivity contribution >= 4 is 17.3 Å². The fraction of sp³-hybridized carbons (Fsp3) is 0.364. The Bertz CT molecular complexity index is 379. The minimum Gasteiger partial charge on any atom is -0.465 e. The summed E-state index contributed by atoms with van der Waals surface area (Å²) in [5.74, 6) is -0.461. The van der Waals surface area contributed by atoms with E-state index >= 15 is 0 Å². The standard InChI is InChI=1S/C11H16N2O3/c1-13(6-7-14)9-5-3-4-8(10(9)12)11(15)16-2/h3-5,14H,6-7,12H2,1-2H3. The highest BCUT2D eigenvalue weighted by Gasteiger charge is 2.14. The zero-order chi connectivity index (χ0) is 12.1. The van der Waals surface area contributed by atoms with Crippen molar-refractivity contribution in [2.24, 2.45) is 0 Å². The highest BCUT2D eigenvalue weighted by molar-refractivity contribution is 5.98. The molecule has 0 fully saturated rings. The van der Waals surface area contributed by atoms with E-state index in [9.17, 15) is 4.79 Å². The van der Waals surface area contributed by atoms with Crippen LogP contribution in [-0.4, -0.2) is 38.4 Å². The number of ether oxygens (including phenoxy) is 1. The molecule has 0 unspecified atom stereocenters. The normalized spacial score (nSPS) is 9.94. The van der Waals surface area contributed by atoms with E-state index in [1.54, 1.807) is 30.1 Å². The van der Waals surface area contributed by atoms with Crippen molar-refractivity contribution in [1.29, 1.82) is 0 Å². The molecule has 0 spiro atoms. The summed E-state index contributed by atoms with van der Waals surface area (Å²) in [7, 11) is 3.11. The number of benzene rings is 1. The van der Waals surface area contributed by atoms with Gasteiger partial charge in [0, 0.05) is 13.6 Å². The quantitative estimate of drug-likeness (QED) is 0.575. The summed E-state index contributed by atoms with van der Waals surface area (Å²) in [6, 6.07) is 5.13. The zero-order valence-electron chi connectivity index (χ0n) is 9.43. The second kappa shape index (κ2) is 5.37. The van der Waals surface area contributed by atoms with E-state index in [0.717, 1.165) is 0 Å². The van der Waals surface area contributed by atoms with Gasteiger partial charge in [0.05, 0.1) is 30.7 Å². The maximum Gasteiger partial charge on any atom is 0.340 e. The number of rotatable bonds is 4. The van der Waals surface area contributed by atoms with Gasteiger partial charge in [0.2, 0.25) is 0 Å². The van der Waals surface area contributed by atoms with Crippen LogP contribution in [0.25, 0.3) is 0 Å². The van der Waals surface area contributed by atoms with Crippen LogP contribution >= 0.6 is 0 Å².